The lowest BCUT2D eigenvalue weighted by Crippen LogP contribution is -2.45. The van der Waals surface area contributed by atoms with Crippen LogP contribution in [0.3, 0.4) is 0 Å². The second-order valence-corrected chi connectivity index (χ2v) is 5.32. The van der Waals surface area contributed by atoms with Crippen molar-refractivity contribution in [2.45, 2.75) is 25.5 Å². The van der Waals surface area contributed by atoms with Gasteiger partial charge in [0, 0.05) is 13.7 Å². The lowest BCUT2D eigenvalue weighted by Gasteiger charge is -2.24. The molecule has 0 saturated carbocycles. The number of hydrogen-bond donors (Lipinski definition) is 3. The zero-order chi connectivity index (χ0) is 16.9. The Hall–Kier alpha value is -1.80. The molecule has 0 aliphatic rings. The summed E-state index contributed by atoms with van der Waals surface area (Å²) >= 11 is 0. The summed E-state index contributed by atoms with van der Waals surface area (Å²) in [6.07, 6.45) is 0. The van der Waals surface area contributed by atoms with Crippen LogP contribution >= 0.6 is 0 Å². The van der Waals surface area contributed by atoms with Crippen molar-refractivity contribution in [3.63, 3.8) is 0 Å². The first kappa shape index (κ1) is 18.2. The highest BCUT2D eigenvalue weighted by Crippen LogP contribution is 2.19. The standard InChI is InChI=1S/C14H19F3N2O3/c1-14(2,22-3)7-18-13(21)19-11(6-20)8-4-9(15)12(17)10(16)5-8/h4-5,11,20H,6-7H2,1-3H3,(H2,18,19,21)/t11-/m0/s1. The number of ether oxygens (including phenoxy) is 1. The number of carbonyl (C=O) groups excluding carboxylic acids is 1. The van der Waals surface area contributed by atoms with Gasteiger partial charge in [-0.05, 0) is 31.5 Å². The van der Waals surface area contributed by atoms with Gasteiger partial charge in [0.15, 0.2) is 17.5 Å². The number of aliphatic hydroxyl groups is 1. The maximum atomic E-state index is 13.2. The smallest absolute Gasteiger partial charge is 0.315 e. The van der Waals surface area contributed by atoms with Gasteiger partial charge < -0.3 is 20.5 Å². The lowest BCUT2D eigenvalue weighted by molar-refractivity contribution is 0.0252. The minimum Gasteiger partial charge on any atom is -0.394 e. The number of rotatable bonds is 6. The first-order chi connectivity index (χ1) is 10.2. The second kappa shape index (κ2) is 7.46. The number of hydrogen-bond acceptors (Lipinski definition) is 3. The van der Waals surface area contributed by atoms with E-state index >= 15 is 0 Å². The van der Waals surface area contributed by atoms with Crippen molar-refractivity contribution in [2.75, 3.05) is 20.3 Å². The van der Waals surface area contributed by atoms with Crippen molar-refractivity contribution < 1.29 is 27.8 Å². The normalized spacial score (nSPS) is 12.9. The Morgan fingerprint density at radius 2 is 1.86 bits per heavy atom. The Balaban J connectivity index is 2.75. The maximum Gasteiger partial charge on any atom is 0.315 e. The summed E-state index contributed by atoms with van der Waals surface area (Å²) in [4.78, 5) is 11.7. The number of aliphatic hydroxyl groups excluding tert-OH is 1. The molecule has 1 aromatic carbocycles. The average Bonchev–Trinajstić information content (AvgIpc) is 2.47. The number of amides is 2. The van der Waals surface area contributed by atoms with Crippen LogP contribution in [-0.4, -0.2) is 37.0 Å². The summed E-state index contributed by atoms with van der Waals surface area (Å²) < 4.78 is 44.4. The van der Waals surface area contributed by atoms with Crippen molar-refractivity contribution in [3.05, 3.63) is 35.1 Å². The highest BCUT2D eigenvalue weighted by molar-refractivity contribution is 5.74. The van der Waals surface area contributed by atoms with Crippen LogP contribution < -0.4 is 10.6 Å². The third kappa shape index (κ3) is 4.88. The Bertz CT molecular complexity index is 515. The molecular weight excluding hydrogens is 301 g/mol. The molecule has 1 atom stereocenters. The molecule has 8 heteroatoms. The van der Waals surface area contributed by atoms with Gasteiger partial charge in [-0.3, -0.25) is 0 Å². The van der Waals surface area contributed by atoms with Crippen LogP contribution in [0.2, 0.25) is 0 Å². The van der Waals surface area contributed by atoms with E-state index in [9.17, 15) is 23.1 Å². The van der Waals surface area contributed by atoms with Gasteiger partial charge >= 0.3 is 6.03 Å². The van der Waals surface area contributed by atoms with Crippen molar-refractivity contribution in [1.29, 1.82) is 0 Å². The Morgan fingerprint density at radius 3 is 2.32 bits per heavy atom. The molecule has 3 N–H and O–H groups in total. The minimum atomic E-state index is -1.60. The van der Waals surface area contributed by atoms with E-state index in [4.69, 9.17) is 4.74 Å². The molecule has 0 aliphatic carbocycles. The van der Waals surface area contributed by atoms with E-state index in [1.807, 2.05) is 0 Å². The van der Waals surface area contributed by atoms with Crippen LogP contribution in [0.4, 0.5) is 18.0 Å². The largest absolute Gasteiger partial charge is 0.394 e. The van der Waals surface area contributed by atoms with Gasteiger partial charge in [0.05, 0.1) is 18.2 Å². The van der Waals surface area contributed by atoms with E-state index in [0.29, 0.717) is 0 Å². The van der Waals surface area contributed by atoms with E-state index in [-0.39, 0.29) is 12.1 Å². The molecule has 0 radical (unpaired) electrons. The fourth-order valence-electron chi connectivity index (χ4n) is 1.59. The molecule has 0 spiro atoms. The monoisotopic (exact) mass is 320 g/mol. The Kier molecular flexibility index (Phi) is 6.19. The van der Waals surface area contributed by atoms with Crippen molar-refractivity contribution in [1.82, 2.24) is 10.6 Å². The summed E-state index contributed by atoms with van der Waals surface area (Å²) in [5, 5.41) is 14.1. The summed E-state index contributed by atoms with van der Waals surface area (Å²) in [6, 6.07) is -0.290. The summed E-state index contributed by atoms with van der Waals surface area (Å²) in [5.74, 6) is -4.39. The van der Waals surface area contributed by atoms with Crippen molar-refractivity contribution >= 4 is 6.03 Å². The van der Waals surface area contributed by atoms with Crippen molar-refractivity contribution in [3.8, 4) is 0 Å². The molecular formula is C14H19F3N2O3. The van der Waals surface area contributed by atoms with E-state index in [2.05, 4.69) is 10.6 Å². The number of halogens is 3. The maximum absolute atomic E-state index is 13.2. The van der Waals surface area contributed by atoms with Gasteiger partial charge in [0.2, 0.25) is 0 Å². The number of carbonyl (C=O) groups is 1. The van der Waals surface area contributed by atoms with Crippen LogP contribution in [0.15, 0.2) is 12.1 Å². The van der Waals surface area contributed by atoms with Gasteiger partial charge in [0.25, 0.3) is 0 Å². The second-order valence-electron chi connectivity index (χ2n) is 5.32. The number of benzene rings is 1. The quantitative estimate of drug-likeness (QED) is 0.701. The minimum absolute atomic E-state index is 0.0833. The highest BCUT2D eigenvalue weighted by atomic mass is 19.2. The first-order valence-electron chi connectivity index (χ1n) is 6.55. The fourth-order valence-corrected chi connectivity index (χ4v) is 1.59. The third-order valence-corrected chi connectivity index (χ3v) is 3.12. The van der Waals surface area contributed by atoms with Crippen LogP contribution in [0.1, 0.15) is 25.5 Å². The number of nitrogens with one attached hydrogen (secondary N) is 2. The number of urea groups is 1. The van der Waals surface area contributed by atoms with Gasteiger partial charge in [-0.1, -0.05) is 0 Å². The van der Waals surface area contributed by atoms with Gasteiger partial charge in [-0.25, -0.2) is 18.0 Å². The first-order valence-corrected chi connectivity index (χ1v) is 6.55. The molecule has 0 bridgehead atoms. The molecule has 0 fully saturated rings. The summed E-state index contributed by atoms with van der Waals surface area (Å²) in [6.45, 7) is 3.08. The van der Waals surface area contributed by atoms with Crippen LogP contribution in [0, 0.1) is 17.5 Å². The van der Waals surface area contributed by atoms with Crippen LogP contribution in [0.5, 0.6) is 0 Å². The molecule has 22 heavy (non-hydrogen) atoms. The molecule has 5 nitrogen and oxygen atoms in total. The molecule has 0 unspecified atom stereocenters. The molecule has 1 rings (SSSR count). The fraction of sp³-hybridized carbons (Fsp3) is 0.500. The SMILES string of the molecule is COC(C)(C)CNC(=O)N[C@@H](CO)c1cc(F)c(F)c(F)c1. The van der Waals surface area contributed by atoms with Gasteiger partial charge in [-0.15, -0.1) is 0 Å². The zero-order valence-electron chi connectivity index (χ0n) is 12.5. The van der Waals surface area contributed by atoms with E-state index < -0.39 is 41.7 Å². The molecule has 1 aromatic rings. The highest BCUT2D eigenvalue weighted by Gasteiger charge is 2.21. The molecule has 124 valence electrons. The molecule has 0 heterocycles. The topological polar surface area (TPSA) is 70.6 Å². The van der Waals surface area contributed by atoms with Crippen molar-refractivity contribution in [2.24, 2.45) is 0 Å². The van der Waals surface area contributed by atoms with E-state index in [1.165, 1.54) is 7.11 Å². The molecule has 0 aromatic heterocycles. The molecule has 2 amide bonds. The Labute approximate surface area is 126 Å². The van der Waals surface area contributed by atoms with Gasteiger partial charge in [0.1, 0.15) is 0 Å². The number of methoxy groups -OCH3 is 1. The van der Waals surface area contributed by atoms with Crippen LogP contribution in [0.25, 0.3) is 0 Å². The van der Waals surface area contributed by atoms with Gasteiger partial charge in [-0.2, -0.15) is 0 Å². The third-order valence-electron chi connectivity index (χ3n) is 3.12. The summed E-state index contributed by atoms with van der Waals surface area (Å²) in [5.41, 5.74) is -0.680. The van der Waals surface area contributed by atoms with E-state index in [1.54, 1.807) is 13.8 Å². The Morgan fingerprint density at radius 1 is 1.32 bits per heavy atom. The predicted octanol–water partition coefficient (Wildman–Crippen LogP) is 1.86. The predicted molar refractivity (Wildman–Crippen MR) is 73.8 cm³/mol. The lowest BCUT2D eigenvalue weighted by atomic mass is 10.1. The van der Waals surface area contributed by atoms with Crippen LogP contribution in [-0.2, 0) is 4.74 Å². The molecule has 0 aliphatic heterocycles. The average molecular weight is 320 g/mol. The zero-order valence-corrected chi connectivity index (χ0v) is 12.5. The molecule has 0 saturated heterocycles. The summed E-state index contributed by atoms with van der Waals surface area (Å²) in [7, 11) is 1.49. The van der Waals surface area contributed by atoms with E-state index in [0.717, 1.165) is 12.1 Å².